The van der Waals surface area contributed by atoms with Gasteiger partial charge in [0, 0.05) is 19.3 Å². The molecule has 0 aliphatic rings. The number of ether oxygens (including phenoxy) is 3. The van der Waals surface area contributed by atoms with Crippen molar-refractivity contribution in [2.45, 2.75) is 296 Å². The van der Waals surface area contributed by atoms with Gasteiger partial charge in [0.25, 0.3) is 0 Å². The summed E-state index contributed by atoms with van der Waals surface area (Å²) in [4.78, 5) is 58.5. The molecule has 0 bridgehead atoms. The number of carbonyl (C=O) groups is 3. The number of aliphatic hydroxyl groups is 2. The summed E-state index contributed by atoms with van der Waals surface area (Å²) in [5.74, 6) is -1.72. The van der Waals surface area contributed by atoms with Gasteiger partial charge in [0.05, 0.1) is 26.4 Å². The molecule has 0 heterocycles. The second-order valence-electron chi connectivity index (χ2n) is 25.4. The first-order valence-corrected chi connectivity index (χ1v) is 42.1. The molecule has 0 aromatic heterocycles. The number of allylic oxidation sites excluding steroid dienone is 30. The van der Waals surface area contributed by atoms with Gasteiger partial charge in [0.15, 0.2) is 6.10 Å². The van der Waals surface area contributed by atoms with Crippen molar-refractivity contribution in [1.29, 1.82) is 0 Å². The highest BCUT2D eigenvalue weighted by molar-refractivity contribution is 7.47. The molecule has 0 fully saturated rings. The second-order valence-corrected chi connectivity index (χ2v) is 28.3. The Morgan fingerprint density at radius 1 is 0.272 bits per heavy atom. The monoisotopic (exact) mass is 1480 g/mol. The lowest BCUT2D eigenvalue weighted by Gasteiger charge is -2.21. The van der Waals surface area contributed by atoms with E-state index >= 15 is 0 Å². The summed E-state index contributed by atoms with van der Waals surface area (Å²) in [5.41, 5.74) is 0. The number of phosphoric acid groups is 2. The van der Waals surface area contributed by atoms with E-state index in [1.54, 1.807) is 0 Å². The first-order valence-electron chi connectivity index (χ1n) is 39.1. The van der Waals surface area contributed by atoms with Gasteiger partial charge in [0.1, 0.15) is 25.4 Å². The van der Waals surface area contributed by atoms with Crippen LogP contribution in [0.4, 0.5) is 0 Å². The predicted molar refractivity (Wildman–Crippen MR) is 426 cm³/mol. The fourth-order valence-electron chi connectivity index (χ4n) is 9.79. The number of hydrogen-bond acceptors (Lipinski definition) is 14. The molecule has 103 heavy (non-hydrogen) atoms. The third kappa shape index (κ3) is 77.6. The number of aliphatic hydroxyl groups excluding tert-OH is 2. The summed E-state index contributed by atoms with van der Waals surface area (Å²) in [7, 11) is -9.83. The molecular formula is C85H138O16P2. The Balaban J connectivity index is 4.53. The summed E-state index contributed by atoms with van der Waals surface area (Å²) in [6, 6.07) is 0. The zero-order chi connectivity index (χ0) is 75.2. The zero-order valence-electron chi connectivity index (χ0n) is 63.7. The maximum atomic E-state index is 12.9. The van der Waals surface area contributed by atoms with Crippen LogP contribution in [0.25, 0.3) is 0 Å². The Kier molecular flexibility index (Phi) is 72.3. The first-order chi connectivity index (χ1) is 50.2. The molecule has 5 atom stereocenters. The number of carbonyl (C=O) groups excluding carboxylic acids is 3. The van der Waals surface area contributed by atoms with Crippen molar-refractivity contribution in [2.24, 2.45) is 0 Å². The van der Waals surface area contributed by atoms with Gasteiger partial charge in [0.2, 0.25) is 0 Å². The third-order valence-electron chi connectivity index (χ3n) is 15.6. The average molecular weight is 1480 g/mol. The van der Waals surface area contributed by atoms with Crippen LogP contribution in [0.3, 0.4) is 0 Å². The highest BCUT2D eigenvalue weighted by Crippen LogP contribution is 2.45. The Hall–Kier alpha value is -5.35. The molecule has 0 spiro atoms. The molecule has 0 rings (SSSR count). The van der Waals surface area contributed by atoms with Crippen LogP contribution in [0.2, 0.25) is 0 Å². The molecule has 0 amide bonds. The van der Waals surface area contributed by atoms with Crippen LogP contribution < -0.4 is 0 Å². The van der Waals surface area contributed by atoms with Crippen molar-refractivity contribution in [2.75, 3.05) is 39.6 Å². The quantitative estimate of drug-likeness (QED) is 0.0146. The predicted octanol–water partition coefficient (Wildman–Crippen LogP) is 23.0. The molecule has 584 valence electrons. The minimum atomic E-state index is -4.96. The number of unbranched alkanes of at least 4 members (excludes halogenated alkanes) is 19. The van der Waals surface area contributed by atoms with E-state index < -0.39 is 91.5 Å². The molecule has 0 saturated carbocycles. The van der Waals surface area contributed by atoms with Crippen molar-refractivity contribution in [3.05, 3.63) is 182 Å². The van der Waals surface area contributed by atoms with Gasteiger partial charge in [-0.15, -0.1) is 0 Å². The van der Waals surface area contributed by atoms with E-state index in [9.17, 15) is 43.5 Å². The minimum Gasteiger partial charge on any atom is -0.463 e. The Bertz CT molecular complexity index is 2600. The SMILES string of the molecule is CC/C=C\C/C=C\C/C=C\C/C=C\C/C=C\CCCCCCCCCCCCCCCCCCCC(=O)OCC(O)COP(=O)(O)OCC(O)COP(=O)(O)OCC(COC(=O)CCC/C=C\C/C=C\C/C=C\C/C=C\C/C=C\CC)OC(=O)CCC/C=C\C/C=C\C/C=C\C/C=C\C/C=C\CC. The maximum absolute atomic E-state index is 12.9. The van der Waals surface area contributed by atoms with Gasteiger partial charge in [-0.05, 0) is 141 Å². The Morgan fingerprint density at radius 3 is 0.806 bits per heavy atom. The van der Waals surface area contributed by atoms with Crippen molar-refractivity contribution >= 4 is 33.6 Å². The van der Waals surface area contributed by atoms with Crippen LogP contribution >= 0.6 is 15.6 Å². The Morgan fingerprint density at radius 2 is 0.495 bits per heavy atom. The summed E-state index contributed by atoms with van der Waals surface area (Å²) in [6.07, 6.45) is 98.4. The number of rotatable bonds is 72. The first kappa shape index (κ1) is 97.7. The van der Waals surface area contributed by atoms with E-state index in [0.717, 1.165) is 116 Å². The average Bonchev–Trinajstić information content (AvgIpc) is 0.915. The van der Waals surface area contributed by atoms with Gasteiger partial charge in [-0.25, -0.2) is 9.13 Å². The molecule has 5 unspecified atom stereocenters. The molecule has 0 aromatic rings. The van der Waals surface area contributed by atoms with E-state index in [-0.39, 0.29) is 19.3 Å². The fourth-order valence-corrected chi connectivity index (χ4v) is 11.4. The summed E-state index contributed by atoms with van der Waals surface area (Å²) >= 11 is 0. The van der Waals surface area contributed by atoms with E-state index in [0.29, 0.717) is 32.1 Å². The molecule has 4 N–H and O–H groups in total. The normalized spacial score (nSPS) is 15.0. The molecule has 0 aromatic carbocycles. The van der Waals surface area contributed by atoms with Crippen LogP contribution in [0.5, 0.6) is 0 Å². The maximum Gasteiger partial charge on any atom is 0.472 e. The van der Waals surface area contributed by atoms with E-state index in [2.05, 4.69) is 179 Å². The van der Waals surface area contributed by atoms with Gasteiger partial charge in [-0.2, -0.15) is 0 Å². The minimum absolute atomic E-state index is 0.00759. The standard InChI is InChI=1S/C85H138O16P2/c1-4-7-10-13-16-19-22-25-28-31-32-33-34-35-36-37-38-39-40-41-42-43-44-45-46-49-51-53-56-59-62-65-68-71-83(88)95-74-80(86)75-97-102(91,92)98-76-81(87)77-99-103(93,94)100-79-82(101-85(90)73-70-67-64-61-58-55-52-48-30-27-24-21-18-15-12-9-6-3)78-96-84(89)72-69-66-63-60-57-54-50-47-29-26-23-20-17-14-11-8-5-2/h7-12,16-21,25-30,32-33,35-36,50,52,54-55,60-61,63-64,80-82,86-87H,4-6,13-15,22-24,31,34,37-49,51,53,56-59,62,65-79H2,1-3H3,(H,91,92)(H,93,94)/b10-7-,11-8-,12-9-,19-16-,20-17-,21-18-,28-25-,29-26-,30-27-,33-32-,36-35-,54-50-,55-52-,63-60-,64-61-. The molecule has 0 radical (unpaired) electrons. The molecule has 0 aliphatic carbocycles. The lowest BCUT2D eigenvalue weighted by Crippen LogP contribution is -2.30. The summed E-state index contributed by atoms with van der Waals surface area (Å²) in [6.45, 7) is 2.18. The van der Waals surface area contributed by atoms with Crippen LogP contribution in [0.1, 0.15) is 278 Å². The van der Waals surface area contributed by atoms with Crippen LogP contribution in [-0.2, 0) is 55.8 Å². The van der Waals surface area contributed by atoms with Crippen molar-refractivity contribution in [1.82, 2.24) is 0 Å². The van der Waals surface area contributed by atoms with Gasteiger partial charge in [-0.1, -0.05) is 299 Å². The lowest BCUT2D eigenvalue weighted by molar-refractivity contribution is -0.161. The third-order valence-corrected chi connectivity index (χ3v) is 17.5. The largest absolute Gasteiger partial charge is 0.472 e. The van der Waals surface area contributed by atoms with Crippen LogP contribution in [0.15, 0.2) is 182 Å². The molecular weight excluding hydrogens is 1340 g/mol. The van der Waals surface area contributed by atoms with Crippen molar-refractivity contribution < 1.29 is 75.8 Å². The highest BCUT2D eigenvalue weighted by atomic mass is 31.2. The van der Waals surface area contributed by atoms with E-state index in [1.165, 1.54) is 89.9 Å². The Labute approximate surface area is 624 Å². The fraction of sp³-hybridized carbons (Fsp3) is 0.612. The topological polar surface area (TPSA) is 231 Å². The number of esters is 3. The van der Waals surface area contributed by atoms with Gasteiger partial charge < -0.3 is 34.2 Å². The highest BCUT2D eigenvalue weighted by Gasteiger charge is 2.29. The second kappa shape index (κ2) is 76.3. The van der Waals surface area contributed by atoms with E-state index in [4.69, 9.17) is 32.3 Å². The van der Waals surface area contributed by atoms with Gasteiger partial charge >= 0.3 is 33.6 Å². The number of phosphoric ester groups is 2. The van der Waals surface area contributed by atoms with Crippen molar-refractivity contribution in [3.63, 3.8) is 0 Å². The van der Waals surface area contributed by atoms with Crippen LogP contribution in [-0.4, -0.2) is 95.9 Å². The molecule has 18 heteroatoms. The smallest absolute Gasteiger partial charge is 0.463 e. The van der Waals surface area contributed by atoms with Gasteiger partial charge in [-0.3, -0.25) is 32.5 Å². The summed E-state index contributed by atoms with van der Waals surface area (Å²) < 4.78 is 60.9. The molecule has 0 aliphatic heterocycles. The van der Waals surface area contributed by atoms with E-state index in [1.807, 2.05) is 24.3 Å². The summed E-state index contributed by atoms with van der Waals surface area (Å²) in [5, 5.41) is 20.6. The van der Waals surface area contributed by atoms with Crippen LogP contribution in [0, 0.1) is 0 Å². The lowest BCUT2D eigenvalue weighted by atomic mass is 10.0. The van der Waals surface area contributed by atoms with Crippen molar-refractivity contribution in [3.8, 4) is 0 Å². The zero-order valence-corrected chi connectivity index (χ0v) is 65.5. The number of hydrogen-bond donors (Lipinski definition) is 4. The molecule has 0 saturated heterocycles. The molecule has 16 nitrogen and oxygen atoms in total.